The maximum atomic E-state index is 11.8. The molecule has 1 N–H and O–H groups in total. The minimum absolute atomic E-state index is 0.0193. The van der Waals surface area contributed by atoms with Crippen molar-refractivity contribution in [3.8, 4) is 5.75 Å². The van der Waals surface area contributed by atoms with Crippen LogP contribution < -0.4 is 10.1 Å². The molecule has 0 fully saturated rings. The molecule has 0 saturated carbocycles. The van der Waals surface area contributed by atoms with Gasteiger partial charge in [-0.2, -0.15) is 0 Å². The summed E-state index contributed by atoms with van der Waals surface area (Å²) in [6, 6.07) is 4.20. The first-order chi connectivity index (χ1) is 11.0. The lowest BCUT2D eigenvalue weighted by Crippen LogP contribution is -2.20. The number of carbonyl (C=O) groups is 1. The summed E-state index contributed by atoms with van der Waals surface area (Å²) in [6.07, 6.45) is 0. The minimum atomic E-state index is -0.481. The maximum absolute atomic E-state index is 11.8. The first kappa shape index (κ1) is 17.2. The Bertz CT molecular complexity index is 720. The summed E-state index contributed by atoms with van der Waals surface area (Å²) >= 11 is 2.84. The van der Waals surface area contributed by atoms with E-state index in [2.05, 4.69) is 15.5 Å². The summed E-state index contributed by atoms with van der Waals surface area (Å²) in [7, 11) is 0. The molecule has 0 bridgehead atoms. The Morgan fingerprint density at radius 2 is 2.26 bits per heavy atom. The quantitative estimate of drug-likeness (QED) is 0.352. The van der Waals surface area contributed by atoms with Gasteiger partial charge in [0.2, 0.25) is 5.13 Å². The normalized spacial score (nSPS) is 10.3. The second-order valence-corrected chi connectivity index (χ2v) is 6.84. The molecule has 0 atom stereocenters. The van der Waals surface area contributed by atoms with Gasteiger partial charge in [0, 0.05) is 12.1 Å². The molecule has 8 nitrogen and oxygen atoms in total. The van der Waals surface area contributed by atoms with E-state index in [1.54, 1.807) is 18.7 Å². The van der Waals surface area contributed by atoms with Crippen molar-refractivity contribution in [2.45, 2.75) is 18.2 Å². The highest BCUT2D eigenvalue weighted by Gasteiger charge is 2.12. The van der Waals surface area contributed by atoms with E-state index in [1.807, 2.05) is 6.92 Å². The number of nitrogens with one attached hydrogen (secondary N) is 1. The van der Waals surface area contributed by atoms with Crippen LogP contribution in [0, 0.1) is 17.0 Å². The lowest BCUT2D eigenvalue weighted by molar-refractivity contribution is -0.384. The molecule has 1 amide bonds. The predicted molar refractivity (Wildman–Crippen MR) is 88.3 cm³/mol. The largest absolute Gasteiger partial charge is 0.483 e. The highest BCUT2D eigenvalue weighted by Crippen LogP contribution is 2.25. The Morgan fingerprint density at radius 1 is 1.48 bits per heavy atom. The second kappa shape index (κ2) is 7.88. The number of ether oxygens (including phenoxy) is 1. The Hall–Kier alpha value is -2.20. The molecule has 23 heavy (non-hydrogen) atoms. The highest BCUT2D eigenvalue weighted by molar-refractivity contribution is 8.01. The number of amides is 1. The molecule has 0 radical (unpaired) electrons. The van der Waals surface area contributed by atoms with E-state index < -0.39 is 4.92 Å². The molecule has 1 heterocycles. The van der Waals surface area contributed by atoms with Crippen LogP contribution in [0.3, 0.4) is 0 Å². The van der Waals surface area contributed by atoms with Gasteiger partial charge in [-0.1, -0.05) is 30.0 Å². The van der Waals surface area contributed by atoms with Crippen molar-refractivity contribution in [2.24, 2.45) is 0 Å². The van der Waals surface area contributed by atoms with E-state index in [9.17, 15) is 14.9 Å². The van der Waals surface area contributed by atoms with Gasteiger partial charge in [0.15, 0.2) is 10.9 Å². The Balaban J connectivity index is 1.89. The zero-order valence-corrected chi connectivity index (χ0v) is 14.1. The number of benzene rings is 1. The first-order valence-corrected chi connectivity index (χ1v) is 8.43. The van der Waals surface area contributed by atoms with Crippen LogP contribution in [0.25, 0.3) is 0 Å². The molecule has 1 aromatic carbocycles. The molecule has 2 aromatic rings. The molecule has 0 saturated heterocycles. The summed E-state index contributed by atoms with van der Waals surface area (Å²) in [5.74, 6) is 0.933. The van der Waals surface area contributed by atoms with Crippen molar-refractivity contribution < 1.29 is 14.5 Å². The second-order valence-electron chi connectivity index (χ2n) is 4.35. The lowest BCUT2D eigenvalue weighted by Gasteiger charge is -2.08. The fourth-order valence-corrected chi connectivity index (χ4v) is 3.31. The third kappa shape index (κ3) is 4.89. The number of rotatable bonds is 7. The SMILES string of the molecule is CCSc1nnc(NC(=O)COc2ccc([N+](=O)[O-])cc2C)s1. The average molecular weight is 354 g/mol. The summed E-state index contributed by atoms with van der Waals surface area (Å²) < 4.78 is 6.16. The highest BCUT2D eigenvalue weighted by atomic mass is 32.2. The maximum Gasteiger partial charge on any atom is 0.269 e. The molecular weight excluding hydrogens is 340 g/mol. The molecule has 0 aliphatic carbocycles. The molecule has 10 heteroatoms. The van der Waals surface area contributed by atoms with Crippen molar-refractivity contribution in [1.29, 1.82) is 0 Å². The van der Waals surface area contributed by atoms with Gasteiger partial charge in [-0.3, -0.25) is 20.2 Å². The molecule has 0 aliphatic rings. The van der Waals surface area contributed by atoms with E-state index in [0.29, 0.717) is 16.4 Å². The predicted octanol–water partition coefficient (Wildman–Crippen LogP) is 2.88. The Kier molecular flexibility index (Phi) is 5.88. The van der Waals surface area contributed by atoms with Crippen LogP contribution in [0.1, 0.15) is 12.5 Å². The van der Waals surface area contributed by atoms with Crippen LogP contribution in [-0.4, -0.2) is 33.4 Å². The standard InChI is InChI=1S/C13H14N4O4S2/c1-3-22-13-16-15-12(23-13)14-11(18)7-21-10-5-4-9(17(19)20)6-8(10)2/h4-6H,3,7H2,1-2H3,(H,14,15,18). The first-order valence-electron chi connectivity index (χ1n) is 6.63. The third-order valence-electron chi connectivity index (χ3n) is 2.65. The fourth-order valence-electron chi connectivity index (χ4n) is 1.65. The van der Waals surface area contributed by atoms with Crippen LogP contribution in [-0.2, 0) is 4.79 Å². The molecule has 2 rings (SSSR count). The number of aryl methyl sites for hydroxylation is 1. The summed E-state index contributed by atoms with van der Waals surface area (Å²) in [4.78, 5) is 22.0. The Morgan fingerprint density at radius 3 is 2.91 bits per heavy atom. The van der Waals surface area contributed by atoms with E-state index in [-0.39, 0.29) is 18.2 Å². The van der Waals surface area contributed by atoms with E-state index in [4.69, 9.17) is 4.74 Å². The van der Waals surface area contributed by atoms with Gasteiger partial charge in [0.1, 0.15) is 5.75 Å². The summed E-state index contributed by atoms with van der Waals surface area (Å²) in [5, 5.41) is 21.5. The molecule has 0 unspecified atom stereocenters. The third-order valence-corrected chi connectivity index (χ3v) is 4.50. The van der Waals surface area contributed by atoms with Gasteiger partial charge >= 0.3 is 0 Å². The zero-order valence-electron chi connectivity index (χ0n) is 12.4. The van der Waals surface area contributed by atoms with Crippen LogP contribution >= 0.6 is 23.1 Å². The summed E-state index contributed by atoms with van der Waals surface area (Å²) in [5.41, 5.74) is 0.568. The smallest absolute Gasteiger partial charge is 0.269 e. The van der Waals surface area contributed by atoms with Gasteiger partial charge in [-0.15, -0.1) is 10.2 Å². The number of thioether (sulfide) groups is 1. The van der Waals surface area contributed by atoms with Crippen molar-refractivity contribution in [3.05, 3.63) is 33.9 Å². The van der Waals surface area contributed by atoms with E-state index in [1.165, 1.54) is 29.5 Å². The van der Waals surface area contributed by atoms with E-state index >= 15 is 0 Å². The molecular formula is C13H14N4O4S2. The summed E-state index contributed by atoms with van der Waals surface area (Å²) in [6.45, 7) is 3.47. The van der Waals surface area contributed by atoms with Crippen molar-refractivity contribution in [3.63, 3.8) is 0 Å². The Labute approximate surface area is 140 Å². The zero-order chi connectivity index (χ0) is 16.8. The van der Waals surface area contributed by atoms with Crippen LogP contribution in [0.4, 0.5) is 10.8 Å². The van der Waals surface area contributed by atoms with Crippen molar-refractivity contribution in [2.75, 3.05) is 17.7 Å². The number of nitrogens with zero attached hydrogens (tertiary/aromatic N) is 3. The van der Waals surface area contributed by atoms with Gasteiger partial charge in [-0.25, -0.2) is 0 Å². The minimum Gasteiger partial charge on any atom is -0.483 e. The molecule has 122 valence electrons. The topological polar surface area (TPSA) is 107 Å². The van der Waals surface area contributed by atoms with Gasteiger partial charge in [0.25, 0.3) is 11.6 Å². The number of nitro groups is 1. The lowest BCUT2D eigenvalue weighted by atomic mass is 10.2. The average Bonchev–Trinajstić information content (AvgIpc) is 2.93. The van der Waals surface area contributed by atoms with Crippen molar-refractivity contribution >= 4 is 39.8 Å². The number of anilines is 1. The molecule has 0 aliphatic heterocycles. The van der Waals surface area contributed by atoms with Gasteiger partial charge in [-0.05, 0) is 24.3 Å². The van der Waals surface area contributed by atoms with Crippen LogP contribution in [0.5, 0.6) is 5.75 Å². The molecule has 0 spiro atoms. The van der Waals surface area contributed by atoms with Crippen LogP contribution in [0.2, 0.25) is 0 Å². The van der Waals surface area contributed by atoms with Crippen LogP contribution in [0.15, 0.2) is 22.5 Å². The fraction of sp³-hybridized carbons (Fsp3) is 0.308. The molecule has 1 aromatic heterocycles. The monoisotopic (exact) mass is 354 g/mol. The van der Waals surface area contributed by atoms with E-state index in [0.717, 1.165) is 10.1 Å². The van der Waals surface area contributed by atoms with Gasteiger partial charge < -0.3 is 4.74 Å². The number of hydrogen-bond acceptors (Lipinski definition) is 8. The number of carbonyl (C=O) groups excluding carboxylic acids is 1. The number of hydrogen-bond donors (Lipinski definition) is 1. The number of non-ortho nitro benzene ring substituents is 1. The number of nitro benzene ring substituents is 1. The number of aromatic nitrogens is 2. The van der Waals surface area contributed by atoms with Crippen molar-refractivity contribution in [1.82, 2.24) is 10.2 Å². The van der Waals surface area contributed by atoms with Gasteiger partial charge in [0.05, 0.1) is 4.92 Å².